The minimum absolute atomic E-state index is 0.00343. The minimum atomic E-state index is 0.00343. The first-order valence-electron chi connectivity index (χ1n) is 13.2. The number of hydrogen-bond donors (Lipinski definition) is 2. The maximum atomic E-state index is 11.9. The van der Waals surface area contributed by atoms with Crippen molar-refractivity contribution in [3.05, 3.63) is 89.5 Å². The van der Waals surface area contributed by atoms with Gasteiger partial charge in [0, 0.05) is 65.0 Å². The van der Waals surface area contributed by atoms with Crippen LogP contribution in [0.15, 0.2) is 72.8 Å². The largest absolute Gasteiger partial charge is 0.494 e. The van der Waals surface area contributed by atoms with Crippen molar-refractivity contribution in [2.24, 2.45) is 5.73 Å². The molecule has 0 saturated carbocycles. The van der Waals surface area contributed by atoms with Crippen LogP contribution in [-0.2, 0) is 9.53 Å². The van der Waals surface area contributed by atoms with Crippen LogP contribution < -0.4 is 25.6 Å². The highest BCUT2D eigenvalue weighted by Gasteiger charge is 2.17. The van der Waals surface area contributed by atoms with Crippen LogP contribution in [0, 0.1) is 0 Å². The Morgan fingerprint density at radius 2 is 1.26 bits per heavy atom. The van der Waals surface area contributed by atoms with Crippen LogP contribution in [0.2, 0.25) is 0 Å². The molecule has 3 N–H and O–H groups in total. The van der Waals surface area contributed by atoms with Gasteiger partial charge in [0.2, 0.25) is 5.91 Å². The summed E-state index contributed by atoms with van der Waals surface area (Å²) in [7, 11) is 8.21. The van der Waals surface area contributed by atoms with E-state index in [1.54, 1.807) is 0 Å². The van der Waals surface area contributed by atoms with Crippen molar-refractivity contribution in [2.75, 3.05) is 70.9 Å². The van der Waals surface area contributed by atoms with E-state index in [0.29, 0.717) is 45.8 Å². The molecule has 0 fully saturated rings. The predicted octanol–water partition coefficient (Wildman–Crippen LogP) is 4.25. The molecule has 1 amide bonds. The number of rotatable bonds is 15. The molecular formula is C31H42N4O3. The van der Waals surface area contributed by atoms with E-state index < -0.39 is 0 Å². The molecule has 0 bridgehead atoms. The first-order valence-corrected chi connectivity index (χ1v) is 13.2. The van der Waals surface area contributed by atoms with Crippen LogP contribution in [0.3, 0.4) is 0 Å². The highest BCUT2D eigenvalue weighted by molar-refractivity contribution is 5.75. The summed E-state index contributed by atoms with van der Waals surface area (Å²) in [6, 6.07) is 25.8. The van der Waals surface area contributed by atoms with Gasteiger partial charge in [-0.2, -0.15) is 0 Å². The molecule has 38 heavy (non-hydrogen) atoms. The number of nitrogens with two attached hydrogens (primary N) is 1. The maximum absolute atomic E-state index is 11.9. The van der Waals surface area contributed by atoms with Crippen LogP contribution >= 0.6 is 0 Å². The fraction of sp³-hybridized carbons (Fsp3) is 0.387. The summed E-state index contributed by atoms with van der Waals surface area (Å²) in [6.45, 7) is 2.46. The second-order valence-electron chi connectivity index (χ2n) is 9.68. The summed E-state index contributed by atoms with van der Waals surface area (Å²) in [5.41, 5.74) is 11.4. The standard InChI is InChI=1S/C31H42N4O3/c1-34(2)27-13-7-24(8-14-27)31(25-9-15-28(16-10-25)35(3)4)26-11-17-29(18-12-26)38-21-5-6-30(36)33-20-23-37-22-19-32/h7-18,31H,5-6,19-23,32H2,1-4H3,(H,33,36). The van der Waals surface area contributed by atoms with E-state index in [-0.39, 0.29) is 11.8 Å². The average Bonchev–Trinajstić information content (AvgIpc) is 2.92. The van der Waals surface area contributed by atoms with Gasteiger partial charge < -0.3 is 30.3 Å². The fourth-order valence-corrected chi connectivity index (χ4v) is 4.22. The monoisotopic (exact) mass is 518 g/mol. The van der Waals surface area contributed by atoms with Gasteiger partial charge in [-0.25, -0.2) is 0 Å². The lowest BCUT2D eigenvalue weighted by molar-refractivity contribution is -0.121. The topological polar surface area (TPSA) is 80.1 Å². The number of benzene rings is 3. The highest BCUT2D eigenvalue weighted by atomic mass is 16.5. The van der Waals surface area contributed by atoms with Gasteiger partial charge in [0.1, 0.15) is 5.75 Å². The summed E-state index contributed by atoms with van der Waals surface area (Å²) >= 11 is 0. The lowest BCUT2D eigenvalue weighted by Gasteiger charge is -2.22. The van der Waals surface area contributed by atoms with E-state index in [9.17, 15) is 4.79 Å². The summed E-state index contributed by atoms with van der Waals surface area (Å²) in [4.78, 5) is 16.2. The molecule has 3 aromatic rings. The number of carbonyl (C=O) groups is 1. The first-order chi connectivity index (χ1) is 18.4. The van der Waals surface area contributed by atoms with Gasteiger partial charge in [-0.3, -0.25) is 4.79 Å². The van der Waals surface area contributed by atoms with Crippen molar-refractivity contribution in [3.8, 4) is 5.75 Å². The molecule has 0 radical (unpaired) electrons. The maximum Gasteiger partial charge on any atom is 0.220 e. The van der Waals surface area contributed by atoms with Crippen molar-refractivity contribution < 1.29 is 14.3 Å². The molecule has 3 aromatic carbocycles. The number of nitrogens with one attached hydrogen (secondary N) is 1. The molecule has 0 spiro atoms. The zero-order valence-electron chi connectivity index (χ0n) is 23.2. The van der Waals surface area contributed by atoms with E-state index in [2.05, 4.69) is 104 Å². The number of amides is 1. The van der Waals surface area contributed by atoms with Gasteiger partial charge in [0.05, 0.1) is 19.8 Å². The normalized spacial score (nSPS) is 10.9. The third-order valence-electron chi connectivity index (χ3n) is 6.35. The second kappa shape index (κ2) is 15.0. The quantitative estimate of drug-likeness (QED) is 0.231. The molecule has 0 aliphatic carbocycles. The van der Waals surface area contributed by atoms with Gasteiger partial charge in [-0.15, -0.1) is 0 Å². The van der Waals surface area contributed by atoms with Crippen molar-refractivity contribution in [1.29, 1.82) is 0 Å². The van der Waals surface area contributed by atoms with E-state index >= 15 is 0 Å². The van der Waals surface area contributed by atoms with Gasteiger partial charge >= 0.3 is 0 Å². The zero-order chi connectivity index (χ0) is 27.3. The van der Waals surface area contributed by atoms with Crippen molar-refractivity contribution in [2.45, 2.75) is 18.8 Å². The van der Waals surface area contributed by atoms with E-state index in [0.717, 1.165) is 5.75 Å². The Morgan fingerprint density at radius 1 is 0.763 bits per heavy atom. The lowest BCUT2D eigenvalue weighted by atomic mass is 9.85. The lowest BCUT2D eigenvalue weighted by Crippen LogP contribution is -2.28. The van der Waals surface area contributed by atoms with Crippen LogP contribution in [-0.4, -0.2) is 67.0 Å². The molecule has 0 heterocycles. The summed E-state index contributed by atoms with van der Waals surface area (Å²) in [6.07, 6.45) is 1.07. The molecule has 0 atom stereocenters. The first kappa shape index (κ1) is 29.0. The Labute approximate surface area is 227 Å². The SMILES string of the molecule is CN(C)c1ccc(C(c2ccc(OCCCC(=O)NCCOCCN)cc2)c2ccc(N(C)C)cc2)cc1. The van der Waals surface area contributed by atoms with Crippen molar-refractivity contribution in [3.63, 3.8) is 0 Å². The molecule has 7 heteroatoms. The Hall–Kier alpha value is -3.55. The summed E-state index contributed by atoms with van der Waals surface area (Å²) in [5.74, 6) is 0.909. The predicted molar refractivity (Wildman–Crippen MR) is 157 cm³/mol. The van der Waals surface area contributed by atoms with Crippen molar-refractivity contribution in [1.82, 2.24) is 5.32 Å². The van der Waals surface area contributed by atoms with E-state index in [1.165, 1.54) is 28.1 Å². The number of hydrogen-bond acceptors (Lipinski definition) is 6. The molecule has 0 aliphatic heterocycles. The molecule has 0 unspecified atom stereocenters. The van der Waals surface area contributed by atoms with Gasteiger partial charge in [-0.05, 0) is 59.5 Å². The molecule has 3 rings (SSSR count). The summed E-state index contributed by atoms with van der Waals surface area (Å²) < 4.78 is 11.2. The van der Waals surface area contributed by atoms with Crippen LogP contribution in [0.5, 0.6) is 5.75 Å². The number of nitrogens with zero attached hydrogens (tertiary/aromatic N) is 2. The highest BCUT2D eigenvalue weighted by Crippen LogP contribution is 2.34. The summed E-state index contributed by atoms with van der Waals surface area (Å²) in [5, 5.41) is 2.84. The van der Waals surface area contributed by atoms with Crippen LogP contribution in [0.4, 0.5) is 11.4 Å². The van der Waals surface area contributed by atoms with E-state index in [1.807, 2.05) is 12.1 Å². The molecule has 7 nitrogen and oxygen atoms in total. The third-order valence-corrected chi connectivity index (χ3v) is 6.35. The van der Waals surface area contributed by atoms with E-state index in [4.69, 9.17) is 15.2 Å². The third kappa shape index (κ3) is 8.78. The fourth-order valence-electron chi connectivity index (χ4n) is 4.22. The Bertz CT molecular complexity index is 1050. The Balaban J connectivity index is 1.63. The molecule has 0 aromatic heterocycles. The number of carbonyl (C=O) groups excluding carboxylic acids is 1. The van der Waals surface area contributed by atoms with Crippen LogP contribution in [0.1, 0.15) is 35.4 Å². The van der Waals surface area contributed by atoms with Gasteiger partial charge in [0.15, 0.2) is 0 Å². The number of ether oxygens (including phenoxy) is 2. The minimum Gasteiger partial charge on any atom is -0.494 e. The Morgan fingerprint density at radius 3 is 1.74 bits per heavy atom. The number of anilines is 2. The molecule has 0 saturated heterocycles. The van der Waals surface area contributed by atoms with Crippen molar-refractivity contribution >= 4 is 17.3 Å². The van der Waals surface area contributed by atoms with Gasteiger partial charge in [0.25, 0.3) is 0 Å². The average molecular weight is 519 g/mol. The second-order valence-corrected chi connectivity index (χ2v) is 9.68. The van der Waals surface area contributed by atoms with Gasteiger partial charge in [-0.1, -0.05) is 36.4 Å². The molecule has 204 valence electrons. The smallest absolute Gasteiger partial charge is 0.220 e. The zero-order valence-corrected chi connectivity index (χ0v) is 23.2. The molecular weight excluding hydrogens is 476 g/mol. The molecule has 0 aliphatic rings. The van der Waals surface area contributed by atoms with Crippen LogP contribution in [0.25, 0.3) is 0 Å². The Kier molecular flexibility index (Phi) is 11.5.